The maximum absolute atomic E-state index is 8.51. The molecule has 0 radical (unpaired) electrons. The quantitative estimate of drug-likeness (QED) is 0.674. The van der Waals surface area contributed by atoms with Gasteiger partial charge in [0.2, 0.25) is 0 Å². The lowest BCUT2D eigenvalue weighted by Crippen LogP contribution is -2.22. The topological polar surface area (TPSA) is 36.3 Å². The fourth-order valence-corrected chi connectivity index (χ4v) is 2.12. The van der Waals surface area contributed by atoms with Gasteiger partial charge in [0.05, 0.1) is 13.2 Å². The number of rotatable bonds is 8. The van der Waals surface area contributed by atoms with Crippen molar-refractivity contribution in [2.75, 3.05) is 27.2 Å². The van der Waals surface area contributed by atoms with E-state index in [9.17, 15) is 0 Å². The van der Waals surface area contributed by atoms with Gasteiger partial charge in [-0.25, -0.2) is 0 Å². The first-order valence-corrected chi connectivity index (χ1v) is 6.92. The van der Waals surface area contributed by atoms with Gasteiger partial charge in [-0.3, -0.25) is 0 Å². The largest absolute Gasteiger partial charge is 0.496 e. The van der Waals surface area contributed by atoms with Crippen LogP contribution in [0.25, 0.3) is 0 Å². The van der Waals surface area contributed by atoms with Crippen LogP contribution in [0, 0.1) is 11.3 Å². The van der Waals surface area contributed by atoms with Gasteiger partial charge < -0.3 is 9.64 Å². The zero-order valence-electron chi connectivity index (χ0n) is 12.3. The molecule has 0 aromatic heterocycles. The number of aryl methyl sites for hydroxylation is 1. The number of benzene rings is 1. The van der Waals surface area contributed by atoms with Gasteiger partial charge in [0.25, 0.3) is 0 Å². The highest BCUT2D eigenvalue weighted by atomic mass is 16.5. The fraction of sp³-hybridized carbons (Fsp3) is 0.562. The molecule has 0 saturated heterocycles. The summed E-state index contributed by atoms with van der Waals surface area (Å²) in [5.74, 6) is 0.980. The predicted molar refractivity (Wildman–Crippen MR) is 78.4 cm³/mol. The van der Waals surface area contributed by atoms with Crippen molar-refractivity contribution in [2.45, 2.75) is 32.6 Å². The Bertz CT molecular complexity index is 423. The Labute approximate surface area is 116 Å². The minimum Gasteiger partial charge on any atom is -0.496 e. The van der Waals surface area contributed by atoms with Crippen molar-refractivity contribution in [3.05, 3.63) is 29.3 Å². The third-order valence-corrected chi connectivity index (χ3v) is 3.34. The highest BCUT2D eigenvalue weighted by molar-refractivity contribution is 5.37. The van der Waals surface area contributed by atoms with Crippen molar-refractivity contribution < 1.29 is 4.74 Å². The number of methoxy groups -OCH3 is 1. The molecule has 0 amide bonds. The molecule has 19 heavy (non-hydrogen) atoms. The van der Waals surface area contributed by atoms with E-state index >= 15 is 0 Å². The summed E-state index contributed by atoms with van der Waals surface area (Å²) in [6, 6.07) is 8.62. The van der Waals surface area contributed by atoms with Gasteiger partial charge in [-0.15, -0.1) is 0 Å². The van der Waals surface area contributed by atoms with Gasteiger partial charge in [-0.05, 0) is 50.0 Å². The van der Waals surface area contributed by atoms with Gasteiger partial charge in [0.1, 0.15) is 5.75 Å². The standard InChI is InChI=1S/C16H24N2O/c1-4-15-13-14(7-8-16(15)19-3)9-12-18(2)11-6-5-10-17/h7-8,13H,4-6,9,11-12H2,1-3H3. The average molecular weight is 260 g/mol. The van der Waals surface area contributed by atoms with E-state index in [2.05, 4.69) is 43.1 Å². The van der Waals surface area contributed by atoms with Crippen LogP contribution in [0.4, 0.5) is 0 Å². The van der Waals surface area contributed by atoms with Crippen LogP contribution < -0.4 is 4.74 Å². The zero-order valence-corrected chi connectivity index (χ0v) is 12.3. The van der Waals surface area contributed by atoms with Gasteiger partial charge in [0, 0.05) is 13.0 Å². The number of ether oxygens (including phenoxy) is 1. The van der Waals surface area contributed by atoms with E-state index in [1.165, 1.54) is 11.1 Å². The van der Waals surface area contributed by atoms with Gasteiger partial charge in [0.15, 0.2) is 0 Å². The first-order valence-electron chi connectivity index (χ1n) is 6.92. The van der Waals surface area contributed by atoms with Crippen LogP contribution in [-0.4, -0.2) is 32.1 Å². The lowest BCUT2D eigenvalue weighted by molar-refractivity contribution is 0.335. The first kappa shape index (κ1) is 15.5. The van der Waals surface area contributed by atoms with Crippen molar-refractivity contribution in [3.63, 3.8) is 0 Å². The molecule has 1 aromatic carbocycles. The molecular weight excluding hydrogens is 236 g/mol. The average Bonchev–Trinajstić information content (AvgIpc) is 2.45. The van der Waals surface area contributed by atoms with Crippen molar-refractivity contribution in [2.24, 2.45) is 0 Å². The lowest BCUT2D eigenvalue weighted by atomic mass is 10.1. The summed E-state index contributed by atoms with van der Waals surface area (Å²) in [7, 11) is 3.83. The molecule has 1 aromatic rings. The van der Waals surface area contributed by atoms with E-state index in [0.29, 0.717) is 6.42 Å². The lowest BCUT2D eigenvalue weighted by Gasteiger charge is -2.16. The van der Waals surface area contributed by atoms with Crippen LogP contribution in [0.15, 0.2) is 18.2 Å². The molecule has 0 aliphatic heterocycles. The normalized spacial score (nSPS) is 10.5. The molecule has 0 unspecified atom stereocenters. The second kappa shape index (κ2) is 8.55. The van der Waals surface area contributed by atoms with Gasteiger partial charge in [-0.2, -0.15) is 5.26 Å². The molecule has 104 valence electrons. The van der Waals surface area contributed by atoms with Crippen molar-refractivity contribution in [1.82, 2.24) is 4.90 Å². The molecule has 0 aliphatic rings. The summed E-state index contributed by atoms with van der Waals surface area (Å²) in [6.07, 6.45) is 3.64. The maximum Gasteiger partial charge on any atom is 0.122 e. The minimum atomic E-state index is 0.646. The molecule has 3 nitrogen and oxygen atoms in total. The molecule has 0 bridgehead atoms. The third kappa shape index (κ3) is 5.32. The molecule has 0 N–H and O–H groups in total. The van der Waals surface area contributed by atoms with Crippen molar-refractivity contribution in [3.8, 4) is 11.8 Å². The van der Waals surface area contributed by atoms with Crippen molar-refractivity contribution >= 4 is 0 Å². The Kier molecular flexibility index (Phi) is 6.99. The molecular formula is C16H24N2O. The number of unbranched alkanes of at least 4 members (excludes halogenated alkanes) is 1. The van der Waals surface area contributed by atoms with Crippen LogP contribution in [0.3, 0.4) is 0 Å². The van der Waals surface area contributed by atoms with Crippen LogP contribution in [0.5, 0.6) is 5.75 Å². The Morgan fingerprint density at radius 1 is 1.32 bits per heavy atom. The SMILES string of the molecule is CCc1cc(CCN(C)CCCC#N)ccc1OC. The van der Waals surface area contributed by atoms with E-state index in [1.54, 1.807) is 7.11 Å². The number of hydrogen-bond acceptors (Lipinski definition) is 3. The molecule has 0 spiro atoms. The summed E-state index contributed by atoms with van der Waals surface area (Å²) < 4.78 is 5.34. The third-order valence-electron chi connectivity index (χ3n) is 3.34. The zero-order chi connectivity index (χ0) is 14.1. The Morgan fingerprint density at radius 2 is 2.11 bits per heavy atom. The van der Waals surface area contributed by atoms with Crippen LogP contribution in [0.1, 0.15) is 30.9 Å². The summed E-state index contributed by atoms with van der Waals surface area (Å²) in [4.78, 5) is 2.28. The molecule has 1 rings (SSSR count). The van der Waals surface area contributed by atoms with E-state index in [1.807, 2.05) is 0 Å². The second-order valence-electron chi connectivity index (χ2n) is 4.81. The van der Waals surface area contributed by atoms with Crippen molar-refractivity contribution in [1.29, 1.82) is 5.26 Å². The predicted octanol–water partition coefficient (Wildman–Crippen LogP) is 3.04. The summed E-state index contributed by atoms with van der Waals surface area (Å²) in [6.45, 7) is 4.17. The van der Waals surface area contributed by atoms with E-state index in [-0.39, 0.29) is 0 Å². The monoisotopic (exact) mass is 260 g/mol. The smallest absolute Gasteiger partial charge is 0.122 e. The summed E-state index contributed by atoms with van der Waals surface area (Å²) >= 11 is 0. The Morgan fingerprint density at radius 3 is 2.74 bits per heavy atom. The van der Waals surface area contributed by atoms with Crippen LogP contribution in [0.2, 0.25) is 0 Å². The maximum atomic E-state index is 8.51. The van der Waals surface area contributed by atoms with Crippen LogP contribution in [-0.2, 0) is 12.8 Å². The highest BCUT2D eigenvalue weighted by Crippen LogP contribution is 2.20. The van der Waals surface area contributed by atoms with E-state index in [4.69, 9.17) is 10.00 Å². The van der Waals surface area contributed by atoms with Crippen LogP contribution >= 0.6 is 0 Å². The molecule has 0 heterocycles. The molecule has 0 aliphatic carbocycles. The number of likely N-dealkylation sites (N-methyl/N-ethyl adjacent to an activating group) is 1. The molecule has 0 saturated carbocycles. The van der Waals surface area contributed by atoms with Gasteiger partial charge >= 0.3 is 0 Å². The molecule has 3 heteroatoms. The van der Waals surface area contributed by atoms with E-state index < -0.39 is 0 Å². The van der Waals surface area contributed by atoms with E-state index in [0.717, 1.165) is 38.1 Å². The summed E-state index contributed by atoms with van der Waals surface area (Å²) in [5.41, 5.74) is 2.62. The fourth-order valence-electron chi connectivity index (χ4n) is 2.12. The molecule has 0 fully saturated rings. The number of hydrogen-bond donors (Lipinski definition) is 0. The van der Waals surface area contributed by atoms with Gasteiger partial charge in [-0.1, -0.05) is 19.1 Å². The summed E-state index contributed by atoms with van der Waals surface area (Å²) in [5, 5.41) is 8.51. The molecule has 0 atom stereocenters. The number of nitriles is 1. The Hall–Kier alpha value is -1.53. The second-order valence-corrected chi connectivity index (χ2v) is 4.81. The minimum absolute atomic E-state index is 0.646. The Balaban J connectivity index is 2.47. The highest BCUT2D eigenvalue weighted by Gasteiger charge is 2.04. The first-order chi connectivity index (χ1) is 9.21. The number of nitrogens with zero attached hydrogens (tertiary/aromatic N) is 2.